The summed E-state index contributed by atoms with van der Waals surface area (Å²) in [5.41, 5.74) is 1.99. The van der Waals surface area contributed by atoms with Gasteiger partial charge in [0.1, 0.15) is 12.4 Å². The lowest BCUT2D eigenvalue weighted by Crippen LogP contribution is -2.20. The fourth-order valence-electron chi connectivity index (χ4n) is 1.79. The van der Waals surface area contributed by atoms with Crippen molar-refractivity contribution < 1.29 is 9.47 Å². The molecule has 0 amide bonds. The van der Waals surface area contributed by atoms with E-state index in [0.29, 0.717) is 19.1 Å². The monoisotopic (exact) mass is 280 g/mol. The minimum Gasteiger partial charge on any atom is -0.489 e. The molecule has 0 spiro atoms. The Labute approximate surface area is 122 Å². The number of hydrogen-bond donors (Lipinski definition) is 1. The number of nitrogens with zero attached hydrogens (tertiary/aromatic N) is 1. The summed E-state index contributed by atoms with van der Waals surface area (Å²) in [4.78, 5) is 4.56. The summed E-state index contributed by atoms with van der Waals surface area (Å²) in [6.45, 7) is 12.2. The highest BCUT2D eigenvalue weighted by Gasteiger charge is 2.06. The lowest BCUT2D eigenvalue weighted by molar-refractivity contribution is 0.100. The van der Waals surface area contributed by atoms with Crippen LogP contribution in [0, 0.1) is 12.8 Å². The van der Waals surface area contributed by atoms with E-state index in [-0.39, 0.29) is 0 Å². The zero-order chi connectivity index (χ0) is 14.8. The van der Waals surface area contributed by atoms with E-state index in [4.69, 9.17) is 9.47 Å². The molecule has 1 rings (SSSR count). The van der Waals surface area contributed by atoms with E-state index < -0.39 is 0 Å². The fourth-order valence-corrected chi connectivity index (χ4v) is 1.79. The van der Waals surface area contributed by atoms with Gasteiger partial charge in [-0.3, -0.25) is 4.98 Å². The Morgan fingerprint density at radius 2 is 2.00 bits per heavy atom. The summed E-state index contributed by atoms with van der Waals surface area (Å²) in [5, 5.41) is 3.41. The Morgan fingerprint density at radius 3 is 2.70 bits per heavy atom. The minimum atomic E-state index is 0.571. The Morgan fingerprint density at radius 1 is 1.20 bits per heavy atom. The molecule has 0 fully saturated rings. The van der Waals surface area contributed by atoms with Crippen LogP contribution >= 0.6 is 0 Å². The standard InChI is InChI=1S/C16H28N2O2/c1-5-8-19-9-10-20-16-7-6-14(4)18-15(16)12-17-11-13(2)3/h6-7,13,17H,5,8-12H2,1-4H3. The number of rotatable bonds is 10. The van der Waals surface area contributed by atoms with E-state index >= 15 is 0 Å². The second-order valence-corrected chi connectivity index (χ2v) is 5.38. The van der Waals surface area contributed by atoms with Crippen LogP contribution in [0.25, 0.3) is 0 Å². The number of aromatic nitrogens is 1. The quantitative estimate of drug-likeness (QED) is 0.669. The summed E-state index contributed by atoms with van der Waals surface area (Å²) in [6.07, 6.45) is 1.04. The smallest absolute Gasteiger partial charge is 0.142 e. The van der Waals surface area contributed by atoms with Gasteiger partial charge in [-0.05, 0) is 37.9 Å². The maximum atomic E-state index is 5.77. The second kappa shape index (κ2) is 9.72. The van der Waals surface area contributed by atoms with Crippen LogP contribution in [0.5, 0.6) is 5.75 Å². The van der Waals surface area contributed by atoms with Gasteiger partial charge in [-0.2, -0.15) is 0 Å². The molecule has 4 nitrogen and oxygen atoms in total. The van der Waals surface area contributed by atoms with Crippen LogP contribution in [0.4, 0.5) is 0 Å². The molecule has 0 atom stereocenters. The van der Waals surface area contributed by atoms with Crippen LogP contribution in [0.1, 0.15) is 38.6 Å². The van der Waals surface area contributed by atoms with Gasteiger partial charge in [0, 0.05) is 18.8 Å². The predicted octanol–water partition coefficient (Wildman–Crippen LogP) is 2.94. The molecular weight excluding hydrogens is 252 g/mol. The van der Waals surface area contributed by atoms with Crippen LogP contribution in [-0.4, -0.2) is 31.3 Å². The van der Waals surface area contributed by atoms with Crippen LogP contribution < -0.4 is 10.1 Å². The van der Waals surface area contributed by atoms with Crippen molar-refractivity contribution in [2.24, 2.45) is 5.92 Å². The first-order valence-electron chi connectivity index (χ1n) is 7.51. The molecule has 0 bridgehead atoms. The first-order chi connectivity index (χ1) is 9.63. The Balaban J connectivity index is 2.47. The minimum absolute atomic E-state index is 0.571. The van der Waals surface area contributed by atoms with Crippen LogP contribution in [0.15, 0.2) is 12.1 Å². The Kier molecular flexibility index (Phi) is 8.23. The summed E-state index contributed by atoms with van der Waals surface area (Å²) in [6, 6.07) is 3.97. The third-order valence-corrected chi connectivity index (χ3v) is 2.75. The van der Waals surface area contributed by atoms with Gasteiger partial charge in [0.25, 0.3) is 0 Å². The Hall–Kier alpha value is -1.13. The van der Waals surface area contributed by atoms with Gasteiger partial charge in [-0.1, -0.05) is 20.8 Å². The molecule has 0 saturated heterocycles. The van der Waals surface area contributed by atoms with E-state index in [1.807, 2.05) is 19.1 Å². The van der Waals surface area contributed by atoms with Crippen molar-refractivity contribution in [3.8, 4) is 5.75 Å². The molecule has 1 N–H and O–H groups in total. The lowest BCUT2D eigenvalue weighted by Gasteiger charge is -2.13. The predicted molar refractivity (Wildman–Crippen MR) is 82.1 cm³/mol. The molecule has 4 heteroatoms. The molecule has 0 aromatic carbocycles. The fraction of sp³-hybridized carbons (Fsp3) is 0.688. The van der Waals surface area contributed by atoms with Gasteiger partial charge >= 0.3 is 0 Å². The molecule has 114 valence electrons. The van der Waals surface area contributed by atoms with Gasteiger partial charge in [-0.25, -0.2) is 0 Å². The van der Waals surface area contributed by atoms with Crippen molar-refractivity contribution in [3.63, 3.8) is 0 Å². The van der Waals surface area contributed by atoms with E-state index in [1.165, 1.54) is 0 Å². The Bertz CT molecular complexity index is 381. The van der Waals surface area contributed by atoms with E-state index in [0.717, 1.165) is 43.3 Å². The van der Waals surface area contributed by atoms with Gasteiger partial charge in [0.2, 0.25) is 0 Å². The summed E-state index contributed by atoms with van der Waals surface area (Å²) >= 11 is 0. The SMILES string of the molecule is CCCOCCOc1ccc(C)nc1CNCC(C)C. The molecule has 0 radical (unpaired) electrons. The van der Waals surface area contributed by atoms with Crippen molar-refractivity contribution in [1.29, 1.82) is 0 Å². The molecule has 1 aromatic heterocycles. The normalized spacial score (nSPS) is 11.1. The molecule has 0 aliphatic rings. The van der Waals surface area contributed by atoms with Crippen molar-refractivity contribution in [3.05, 3.63) is 23.5 Å². The van der Waals surface area contributed by atoms with E-state index in [1.54, 1.807) is 0 Å². The molecular formula is C16H28N2O2. The summed E-state index contributed by atoms with van der Waals surface area (Å²) < 4.78 is 11.2. The van der Waals surface area contributed by atoms with Gasteiger partial charge in [-0.15, -0.1) is 0 Å². The highest BCUT2D eigenvalue weighted by Crippen LogP contribution is 2.16. The van der Waals surface area contributed by atoms with Gasteiger partial charge in [0.05, 0.1) is 12.3 Å². The van der Waals surface area contributed by atoms with Crippen LogP contribution in [0.3, 0.4) is 0 Å². The number of aryl methyl sites for hydroxylation is 1. The largest absolute Gasteiger partial charge is 0.489 e. The van der Waals surface area contributed by atoms with Crippen molar-refractivity contribution in [1.82, 2.24) is 10.3 Å². The van der Waals surface area contributed by atoms with Gasteiger partial charge in [0.15, 0.2) is 0 Å². The third kappa shape index (κ3) is 6.87. The van der Waals surface area contributed by atoms with Gasteiger partial charge < -0.3 is 14.8 Å². The highest BCUT2D eigenvalue weighted by atomic mass is 16.5. The lowest BCUT2D eigenvalue weighted by atomic mass is 10.2. The zero-order valence-electron chi connectivity index (χ0n) is 13.2. The molecule has 0 aliphatic carbocycles. The molecule has 0 unspecified atom stereocenters. The van der Waals surface area contributed by atoms with Crippen LogP contribution in [0.2, 0.25) is 0 Å². The third-order valence-electron chi connectivity index (χ3n) is 2.75. The molecule has 1 heterocycles. The van der Waals surface area contributed by atoms with Crippen molar-refractivity contribution >= 4 is 0 Å². The van der Waals surface area contributed by atoms with E-state index in [2.05, 4.69) is 31.1 Å². The summed E-state index contributed by atoms with van der Waals surface area (Å²) in [7, 11) is 0. The number of nitrogens with one attached hydrogen (secondary N) is 1. The second-order valence-electron chi connectivity index (χ2n) is 5.38. The van der Waals surface area contributed by atoms with E-state index in [9.17, 15) is 0 Å². The maximum absolute atomic E-state index is 5.77. The number of pyridine rings is 1. The topological polar surface area (TPSA) is 43.4 Å². The molecule has 20 heavy (non-hydrogen) atoms. The first kappa shape index (κ1) is 16.9. The zero-order valence-corrected chi connectivity index (χ0v) is 13.2. The average Bonchev–Trinajstić information content (AvgIpc) is 2.40. The number of hydrogen-bond acceptors (Lipinski definition) is 4. The van der Waals surface area contributed by atoms with Crippen LogP contribution in [-0.2, 0) is 11.3 Å². The number of ether oxygens (including phenoxy) is 2. The molecule has 0 saturated carbocycles. The average molecular weight is 280 g/mol. The molecule has 1 aromatic rings. The highest BCUT2D eigenvalue weighted by molar-refractivity contribution is 5.29. The maximum Gasteiger partial charge on any atom is 0.142 e. The first-order valence-corrected chi connectivity index (χ1v) is 7.51. The molecule has 0 aliphatic heterocycles. The van der Waals surface area contributed by atoms with Crippen molar-refractivity contribution in [2.45, 2.75) is 40.7 Å². The van der Waals surface area contributed by atoms with Crippen molar-refractivity contribution in [2.75, 3.05) is 26.4 Å². The summed E-state index contributed by atoms with van der Waals surface area (Å²) in [5.74, 6) is 1.48.